The van der Waals surface area contributed by atoms with Crippen LogP contribution in [0.4, 0.5) is 8.78 Å². The van der Waals surface area contributed by atoms with Gasteiger partial charge in [0.25, 0.3) is 12.3 Å². The lowest BCUT2D eigenvalue weighted by Crippen LogP contribution is -2.37. The van der Waals surface area contributed by atoms with Crippen molar-refractivity contribution < 1.29 is 27.8 Å². The van der Waals surface area contributed by atoms with Crippen LogP contribution in [0.15, 0.2) is 42.5 Å². The maximum absolute atomic E-state index is 12.8. The number of halogens is 3. The van der Waals surface area contributed by atoms with Crippen molar-refractivity contribution in [3.8, 4) is 11.5 Å². The van der Waals surface area contributed by atoms with Gasteiger partial charge in [-0.1, -0.05) is 23.7 Å². The molecule has 0 aromatic heterocycles. The summed E-state index contributed by atoms with van der Waals surface area (Å²) in [5, 5.41) is 0.631. The number of hydrogen-bond donors (Lipinski definition) is 0. The first kappa shape index (κ1) is 21.9. The van der Waals surface area contributed by atoms with Crippen LogP contribution in [0.5, 0.6) is 11.5 Å². The van der Waals surface area contributed by atoms with Crippen molar-refractivity contribution >= 4 is 17.5 Å². The number of alkyl halides is 2. The van der Waals surface area contributed by atoms with Gasteiger partial charge in [0.15, 0.2) is 11.5 Å². The molecule has 0 aliphatic heterocycles. The van der Waals surface area contributed by atoms with Crippen molar-refractivity contribution in [1.82, 2.24) is 4.90 Å². The second kappa shape index (κ2) is 10.8. The second-order valence-electron chi connectivity index (χ2n) is 5.92. The molecule has 0 atom stereocenters. The maximum atomic E-state index is 12.8. The molecule has 2 aromatic carbocycles. The standard InChI is InChI=1S/C20H22ClF2NO4/c1-26-10-9-24(12-19(22)23)20(25)15-5-8-17(18(11-15)27-2)28-13-14-3-6-16(21)7-4-14/h3-8,11,19H,9-10,12-13H2,1-2H3. The summed E-state index contributed by atoms with van der Waals surface area (Å²) < 4.78 is 41.5. The zero-order chi connectivity index (χ0) is 20.5. The molecule has 0 unspecified atom stereocenters. The van der Waals surface area contributed by atoms with Crippen molar-refractivity contribution in [3.63, 3.8) is 0 Å². The van der Waals surface area contributed by atoms with Crippen molar-refractivity contribution in [2.75, 3.05) is 33.9 Å². The van der Waals surface area contributed by atoms with Crippen LogP contribution in [0.3, 0.4) is 0 Å². The quantitative estimate of drug-likeness (QED) is 0.583. The van der Waals surface area contributed by atoms with Crippen molar-refractivity contribution in [1.29, 1.82) is 0 Å². The van der Waals surface area contributed by atoms with Crippen LogP contribution in [-0.4, -0.2) is 51.1 Å². The number of nitrogens with zero attached hydrogens (tertiary/aromatic N) is 1. The van der Waals surface area contributed by atoms with Crippen molar-refractivity contribution in [2.24, 2.45) is 0 Å². The van der Waals surface area contributed by atoms with E-state index in [1.165, 1.54) is 26.4 Å². The number of carbonyl (C=O) groups excluding carboxylic acids is 1. The molecule has 2 rings (SSSR count). The Morgan fingerprint density at radius 3 is 2.43 bits per heavy atom. The van der Waals surface area contributed by atoms with Crippen molar-refractivity contribution in [3.05, 3.63) is 58.6 Å². The number of ether oxygens (including phenoxy) is 3. The van der Waals surface area contributed by atoms with Crippen LogP contribution >= 0.6 is 11.6 Å². The lowest BCUT2D eigenvalue weighted by Gasteiger charge is -2.22. The van der Waals surface area contributed by atoms with E-state index in [1.807, 2.05) is 12.1 Å². The van der Waals surface area contributed by atoms with Crippen molar-refractivity contribution in [2.45, 2.75) is 13.0 Å². The highest BCUT2D eigenvalue weighted by atomic mass is 35.5. The molecule has 0 N–H and O–H groups in total. The first-order chi connectivity index (χ1) is 13.4. The van der Waals surface area contributed by atoms with E-state index in [1.54, 1.807) is 18.2 Å². The van der Waals surface area contributed by atoms with Gasteiger partial charge < -0.3 is 19.1 Å². The molecule has 28 heavy (non-hydrogen) atoms. The van der Waals surface area contributed by atoms with E-state index in [-0.39, 0.29) is 25.3 Å². The van der Waals surface area contributed by atoms with Crippen LogP contribution in [0.1, 0.15) is 15.9 Å². The molecule has 0 aliphatic carbocycles. The number of methoxy groups -OCH3 is 2. The molecule has 0 aliphatic rings. The topological polar surface area (TPSA) is 48.0 Å². The van der Waals surface area contributed by atoms with Crippen LogP contribution in [0, 0.1) is 0 Å². The molecular formula is C20H22ClF2NO4. The zero-order valence-electron chi connectivity index (χ0n) is 15.7. The Morgan fingerprint density at radius 2 is 1.82 bits per heavy atom. The highest BCUT2D eigenvalue weighted by Crippen LogP contribution is 2.29. The third kappa shape index (κ3) is 6.35. The molecule has 152 valence electrons. The van der Waals surface area contributed by atoms with Crippen LogP contribution in [0.2, 0.25) is 5.02 Å². The minimum absolute atomic E-state index is 0.0663. The third-order valence-corrected chi connectivity index (χ3v) is 4.18. The van der Waals surface area contributed by atoms with Crippen LogP contribution < -0.4 is 9.47 Å². The van der Waals surface area contributed by atoms with Gasteiger partial charge in [-0.2, -0.15) is 0 Å². The molecule has 5 nitrogen and oxygen atoms in total. The van der Waals surface area contributed by atoms with Crippen LogP contribution in [-0.2, 0) is 11.3 Å². The second-order valence-corrected chi connectivity index (χ2v) is 6.35. The average Bonchev–Trinajstić information content (AvgIpc) is 2.69. The molecule has 0 saturated carbocycles. The summed E-state index contributed by atoms with van der Waals surface area (Å²) in [6.45, 7) is -0.153. The molecule has 0 fully saturated rings. The summed E-state index contributed by atoms with van der Waals surface area (Å²) in [7, 11) is 2.89. The molecule has 0 saturated heterocycles. The summed E-state index contributed by atoms with van der Waals surface area (Å²) in [6.07, 6.45) is -2.63. The number of benzene rings is 2. The highest BCUT2D eigenvalue weighted by Gasteiger charge is 2.21. The van der Waals surface area contributed by atoms with Gasteiger partial charge in [0, 0.05) is 24.2 Å². The van der Waals surface area contributed by atoms with Gasteiger partial charge in [-0.3, -0.25) is 4.79 Å². The maximum Gasteiger partial charge on any atom is 0.255 e. The van der Waals surface area contributed by atoms with Gasteiger partial charge in [-0.25, -0.2) is 8.78 Å². The Balaban J connectivity index is 2.13. The monoisotopic (exact) mass is 413 g/mol. The number of hydrogen-bond acceptors (Lipinski definition) is 4. The Kier molecular flexibility index (Phi) is 8.47. The summed E-state index contributed by atoms with van der Waals surface area (Å²) in [6, 6.07) is 11.8. The van der Waals surface area contributed by atoms with E-state index in [9.17, 15) is 13.6 Å². The molecule has 0 bridgehead atoms. The van der Waals surface area contributed by atoms with E-state index in [0.717, 1.165) is 10.5 Å². The Morgan fingerprint density at radius 1 is 1.11 bits per heavy atom. The van der Waals surface area contributed by atoms with Crippen LogP contribution in [0.25, 0.3) is 0 Å². The summed E-state index contributed by atoms with van der Waals surface area (Å²) >= 11 is 5.86. The van der Waals surface area contributed by atoms with E-state index in [2.05, 4.69) is 0 Å². The molecular weight excluding hydrogens is 392 g/mol. The first-order valence-corrected chi connectivity index (χ1v) is 8.94. The smallest absolute Gasteiger partial charge is 0.255 e. The predicted molar refractivity (Wildman–Crippen MR) is 103 cm³/mol. The number of carbonyl (C=O) groups is 1. The van der Waals surface area contributed by atoms with Gasteiger partial charge in [0.2, 0.25) is 0 Å². The minimum Gasteiger partial charge on any atom is -0.493 e. The molecule has 8 heteroatoms. The fraction of sp³-hybridized carbons (Fsp3) is 0.350. The van der Waals surface area contributed by atoms with E-state index >= 15 is 0 Å². The molecule has 2 aromatic rings. The lowest BCUT2D eigenvalue weighted by atomic mass is 10.1. The van der Waals surface area contributed by atoms with E-state index in [0.29, 0.717) is 16.5 Å². The number of rotatable bonds is 10. The SMILES string of the molecule is COCCN(CC(F)F)C(=O)c1ccc(OCc2ccc(Cl)cc2)c(OC)c1. The third-order valence-electron chi connectivity index (χ3n) is 3.93. The van der Waals surface area contributed by atoms with Gasteiger partial charge >= 0.3 is 0 Å². The highest BCUT2D eigenvalue weighted by molar-refractivity contribution is 6.30. The average molecular weight is 414 g/mol. The van der Waals surface area contributed by atoms with Gasteiger partial charge in [-0.05, 0) is 35.9 Å². The fourth-order valence-corrected chi connectivity index (χ4v) is 2.61. The van der Waals surface area contributed by atoms with Gasteiger partial charge in [0.05, 0.1) is 20.3 Å². The predicted octanol–water partition coefficient (Wildman–Crippen LogP) is 4.28. The van der Waals surface area contributed by atoms with E-state index < -0.39 is 18.9 Å². The Hall–Kier alpha value is -2.38. The summed E-state index contributed by atoms with van der Waals surface area (Å²) in [5.41, 5.74) is 1.14. The largest absolute Gasteiger partial charge is 0.493 e. The fourth-order valence-electron chi connectivity index (χ4n) is 2.49. The normalized spacial score (nSPS) is 10.8. The zero-order valence-corrected chi connectivity index (χ0v) is 16.4. The van der Waals surface area contributed by atoms with E-state index in [4.69, 9.17) is 25.8 Å². The summed E-state index contributed by atoms with van der Waals surface area (Å²) in [4.78, 5) is 13.7. The molecule has 0 spiro atoms. The Labute approximate surface area is 167 Å². The lowest BCUT2D eigenvalue weighted by molar-refractivity contribution is 0.0478. The minimum atomic E-state index is -2.63. The first-order valence-electron chi connectivity index (χ1n) is 8.56. The molecule has 0 radical (unpaired) electrons. The molecule has 0 heterocycles. The Bertz CT molecular complexity index is 771. The number of amides is 1. The van der Waals surface area contributed by atoms with Gasteiger partial charge in [0.1, 0.15) is 6.61 Å². The van der Waals surface area contributed by atoms with Gasteiger partial charge in [-0.15, -0.1) is 0 Å². The summed E-state index contributed by atoms with van der Waals surface area (Å²) in [5.74, 6) is 0.245. The molecule has 1 amide bonds.